The monoisotopic (exact) mass is 425 g/mol. The molecule has 160 valence electrons. The molecule has 0 aliphatic heterocycles. The van der Waals surface area contributed by atoms with Gasteiger partial charge in [0, 0.05) is 17.1 Å². The molecule has 4 atom stereocenters. The zero-order valence-corrected chi connectivity index (χ0v) is 18.9. The first-order valence-electron chi connectivity index (χ1n) is 11.6. The molecule has 2 aromatic carbocycles. The normalized spacial score (nSPS) is 34.1. The summed E-state index contributed by atoms with van der Waals surface area (Å²) in [6, 6.07) is 16.6. The van der Waals surface area contributed by atoms with Gasteiger partial charge in [-0.2, -0.15) is 0 Å². The van der Waals surface area contributed by atoms with E-state index in [1.54, 1.807) is 12.1 Å². The van der Waals surface area contributed by atoms with Crippen LogP contribution in [0.25, 0.3) is 0 Å². The van der Waals surface area contributed by atoms with E-state index in [9.17, 15) is 4.39 Å². The van der Waals surface area contributed by atoms with Crippen LogP contribution in [-0.2, 0) is 11.8 Å². The van der Waals surface area contributed by atoms with Gasteiger partial charge in [0.15, 0.2) is 0 Å². The second kappa shape index (κ2) is 7.64. The second-order valence-corrected chi connectivity index (χ2v) is 11.1. The lowest BCUT2D eigenvalue weighted by molar-refractivity contribution is -0.0893. The molecule has 30 heavy (non-hydrogen) atoms. The summed E-state index contributed by atoms with van der Waals surface area (Å²) in [6.45, 7) is 4.60. The Labute approximate surface area is 185 Å². The highest BCUT2D eigenvalue weighted by atomic mass is 35.5. The van der Waals surface area contributed by atoms with E-state index in [2.05, 4.69) is 43.4 Å². The second-order valence-electron chi connectivity index (χ2n) is 10.7. The van der Waals surface area contributed by atoms with Crippen LogP contribution < -0.4 is 5.32 Å². The van der Waals surface area contributed by atoms with Crippen molar-refractivity contribution in [2.75, 3.05) is 0 Å². The molecule has 0 unspecified atom stereocenters. The van der Waals surface area contributed by atoms with Crippen LogP contribution in [0.15, 0.2) is 48.5 Å². The molecule has 0 aromatic heterocycles. The molecule has 0 radical (unpaired) electrons. The van der Waals surface area contributed by atoms with Gasteiger partial charge in [0.05, 0.1) is 0 Å². The van der Waals surface area contributed by atoms with Gasteiger partial charge in [-0.05, 0) is 111 Å². The third-order valence-corrected chi connectivity index (χ3v) is 8.75. The molecule has 4 aliphatic carbocycles. The summed E-state index contributed by atoms with van der Waals surface area (Å²) in [6.07, 6.45) is 8.79. The molecule has 0 saturated heterocycles. The molecule has 6 rings (SSSR count). The Bertz CT molecular complexity index is 893. The molecule has 1 N–H and O–H groups in total. The predicted octanol–water partition coefficient (Wildman–Crippen LogP) is 6.93. The molecule has 2 aromatic rings. The number of nitrogens with one attached hydrogen (secondary N) is 1. The van der Waals surface area contributed by atoms with Crippen molar-refractivity contribution in [2.45, 2.75) is 76.3 Å². The summed E-state index contributed by atoms with van der Waals surface area (Å²) in [5.74, 6) is 1.59. The summed E-state index contributed by atoms with van der Waals surface area (Å²) >= 11 is 6.20. The predicted molar refractivity (Wildman–Crippen MR) is 122 cm³/mol. The molecule has 4 saturated carbocycles. The lowest BCUT2D eigenvalue weighted by Crippen LogP contribution is -2.60. The fourth-order valence-electron chi connectivity index (χ4n) is 7.64. The highest BCUT2D eigenvalue weighted by Gasteiger charge is 2.59. The summed E-state index contributed by atoms with van der Waals surface area (Å²) < 4.78 is 14.1. The molecule has 0 amide bonds. The number of hydrogen-bond donors (Lipinski definition) is 1. The van der Waals surface area contributed by atoms with E-state index in [0.717, 1.165) is 28.8 Å². The number of rotatable bonds is 6. The Kier molecular flexibility index (Phi) is 5.22. The van der Waals surface area contributed by atoms with E-state index in [-0.39, 0.29) is 11.9 Å². The minimum Gasteiger partial charge on any atom is -0.311 e. The lowest BCUT2D eigenvalue weighted by Gasteiger charge is -2.64. The van der Waals surface area contributed by atoms with E-state index in [0.29, 0.717) is 16.9 Å². The zero-order valence-electron chi connectivity index (χ0n) is 18.1. The summed E-state index contributed by atoms with van der Waals surface area (Å²) in [7, 11) is 0. The number of hydrogen-bond acceptors (Lipinski definition) is 1. The van der Waals surface area contributed by atoms with Crippen LogP contribution in [0.2, 0.25) is 5.02 Å². The Balaban J connectivity index is 1.36. The van der Waals surface area contributed by atoms with Gasteiger partial charge >= 0.3 is 0 Å². The summed E-state index contributed by atoms with van der Waals surface area (Å²) in [5, 5.41) is 4.73. The van der Waals surface area contributed by atoms with Gasteiger partial charge in [0.2, 0.25) is 0 Å². The maximum absolute atomic E-state index is 14.1. The first-order valence-corrected chi connectivity index (χ1v) is 12.0. The summed E-state index contributed by atoms with van der Waals surface area (Å²) in [4.78, 5) is 0. The standard InChI is InChI=1S/C27H33ClFN/c1-18(11-22-5-3-4-6-25(22)29)30-19(2)26-13-20-12-21(14-26)16-27(15-20,17-26)23-7-9-24(28)10-8-23/h3-10,18-21,30H,11-17H2,1-2H3/t18-,19-,20+,21+,26?,27?/m1/s1. The van der Waals surface area contributed by atoms with Crippen molar-refractivity contribution in [3.63, 3.8) is 0 Å². The fourth-order valence-corrected chi connectivity index (χ4v) is 7.76. The summed E-state index contributed by atoms with van der Waals surface area (Å²) in [5.41, 5.74) is 2.98. The van der Waals surface area contributed by atoms with Gasteiger partial charge in [0.25, 0.3) is 0 Å². The molecule has 3 heteroatoms. The molecule has 0 spiro atoms. The SMILES string of the molecule is C[C@H](Cc1ccccc1F)N[C@H](C)C12C[C@@H]3C[C@H](CC(c4ccc(Cl)cc4)(C3)C1)C2. The van der Waals surface area contributed by atoms with E-state index < -0.39 is 0 Å². The highest BCUT2D eigenvalue weighted by Crippen LogP contribution is 2.66. The lowest BCUT2D eigenvalue weighted by atomic mass is 9.41. The minimum absolute atomic E-state index is 0.0877. The molecule has 0 heterocycles. The quantitative estimate of drug-likeness (QED) is 0.529. The Morgan fingerprint density at radius 1 is 1.00 bits per heavy atom. The average Bonchev–Trinajstić information content (AvgIpc) is 2.69. The van der Waals surface area contributed by atoms with Crippen LogP contribution in [0.5, 0.6) is 0 Å². The third-order valence-electron chi connectivity index (χ3n) is 8.50. The van der Waals surface area contributed by atoms with Crippen LogP contribution in [0.4, 0.5) is 4.39 Å². The van der Waals surface area contributed by atoms with E-state index >= 15 is 0 Å². The fraction of sp³-hybridized carbons (Fsp3) is 0.556. The first kappa shape index (κ1) is 20.5. The third kappa shape index (κ3) is 3.60. The minimum atomic E-state index is -0.0877. The van der Waals surface area contributed by atoms with Gasteiger partial charge in [-0.15, -0.1) is 0 Å². The van der Waals surface area contributed by atoms with Gasteiger partial charge < -0.3 is 5.32 Å². The van der Waals surface area contributed by atoms with Gasteiger partial charge in [-0.25, -0.2) is 4.39 Å². The van der Waals surface area contributed by atoms with Crippen molar-refractivity contribution in [3.05, 3.63) is 70.5 Å². The van der Waals surface area contributed by atoms with Crippen molar-refractivity contribution in [3.8, 4) is 0 Å². The number of benzene rings is 2. The van der Waals surface area contributed by atoms with E-state index in [1.165, 1.54) is 44.1 Å². The van der Waals surface area contributed by atoms with Crippen molar-refractivity contribution < 1.29 is 4.39 Å². The molecule has 4 aliphatic rings. The molecule has 4 bridgehead atoms. The van der Waals surface area contributed by atoms with Crippen molar-refractivity contribution in [2.24, 2.45) is 17.3 Å². The first-order chi connectivity index (χ1) is 14.4. The Morgan fingerprint density at radius 2 is 1.67 bits per heavy atom. The van der Waals surface area contributed by atoms with Crippen molar-refractivity contribution in [1.82, 2.24) is 5.32 Å². The van der Waals surface area contributed by atoms with Gasteiger partial charge in [-0.3, -0.25) is 0 Å². The van der Waals surface area contributed by atoms with E-state index in [4.69, 9.17) is 11.6 Å². The largest absolute Gasteiger partial charge is 0.311 e. The average molecular weight is 426 g/mol. The molecular formula is C27H33ClFN. The van der Waals surface area contributed by atoms with Crippen molar-refractivity contribution >= 4 is 11.6 Å². The molecule has 4 fully saturated rings. The zero-order chi connectivity index (χ0) is 20.9. The smallest absolute Gasteiger partial charge is 0.126 e. The van der Waals surface area contributed by atoms with Gasteiger partial charge in [0.1, 0.15) is 5.82 Å². The van der Waals surface area contributed by atoms with E-state index in [1.807, 2.05) is 12.1 Å². The van der Waals surface area contributed by atoms with Crippen LogP contribution >= 0.6 is 11.6 Å². The van der Waals surface area contributed by atoms with Crippen LogP contribution in [-0.4, -0.2) is 12.1 Å². The Morgan fingerprint density at radius 3 is 2.33 bits per heavy atom. The molecular weight excluding hydrogens is 393 g/mol. The van der Waals surface area contributed by atoms with Gasteiger partial charge in [-0.1, -0.05) is 41.9 Å². The Hall–Kier alpha value is -1.38. The van der Waals surface area contributed by atoms with Crippen LogP contribution in [0.3, 0.4) is 0 Å². The highest BCUT2D eigenvalue weighted by molar-refractivity contribution is 6.30. The maximum Gasteiger partial charge on any atom is 0.126 e. The van der Waals surface area contributed by atoms with Crippen molar-refractivity contribution in [1.29, 1.82) is 0 Å². The van der Waals surface area contributed by atoms with Crippen LogP contribution in [0.1, 0.15) is 63.5 Å². The number of halogens is 2. The maximum atomic E-state index is 14.1. The van der Waals surface area contributed by atoms with Crippen LogP contribution in [0, 0.1) is 23.1 Å². The molecule has 1 nitrogen and oxygen atoms in total. The topological polar surface area (TPSA) is 12.0 Å².